The Morgan fingerprint density at radius 2 is 1.14 bits per heavy atom. The van der Waals surface area contributed by atoms with E-state index in [0.29, 0.717) is 72.4 Å². The van der Waals surface area contributed by atoms with E-state index in [4.69, 9.17) is 50.8 Å². The van der Waals surface area contributed by atoms with Gasteiger partial charge in [-0.3, -0.25) is 14.4 Å². The SMILES string of the molecule is CC(C)CN(CC(C)C)c1ccc(C2(C(=O)O)CCC2)cc1N.COC(=O)OC(Cl)(Cl)Cl.Cc1cc(CC(=O)Nc2cc(C3(C(=O)O)CCC3)ccc2N(CC(C)C)CC(C)C)on1.Cc1cc(N)on1. The van der Waals surface area contributed by atoms with E-state index >= 15 is 0 Å². The number of carbonyl (C=O) groups is 4. The van der Waals surface area contributed by atoms with Crippen LogP contribution in [0.4, 0.5) is 33.4 Å². The number of carbonyl (C=O) groups excluding carboxylic acids is 2. The maximum absolute atomic E-state index is 12.9. The van der Waals surface area contributed by atoms with Crippen molar-refractivity contribution in [3.63, 3.8) is 0 Å². The minimum atomic E-state index is -2.03. The third-order valence-corrected chi connectivity index (χ3v) is 11.9. The standard InChI is InChI=1S/C25H35N3O4.C19H30N2O2.C4H6N2O.C3H3Cl3O3/c1-16(2)14-28(15-17(3)4)22-8-7-19(25(24(30)31)9-6-10-25)12-21(22)26-23(29)13-20-11-18(5)27-32-20;1-13(2)11-21(12-14(3)4)17-7-6-15(10-16(17)20)19(18(22)23)8-5-9-19;1-3-2-4(5)7-6-3;1-8-2(7)9-3(4,5)6/h7-8,11-12,16-17H,6,9-10,13-15H2,1-5H3,(H,26,29)(H,30,31);6-7,10,13-14H,5,8-9,11-12,20H2,1-4H3,(H,22,23);2H,5H2,1H3;1H3. The summed E-state index contributed by atoms with van der Waals surface area (Å²) >= 11 is 15.0. The summed E-state index contributed by atoms with van der Waals surface area (Å²) < 4.78 is 15.7. The number of halogens is 3. The van der Waals surface area contributed by atoms with E-state index in [2.05, 4.69) is 94.8 Å². The number of benzene rings is 2. The monoisotopic (exact) mass is 1050 g/mol. The predicted octanol–water partition coefficient (Wildman–Crippen LogP) is 11.3. The molecule has 2 fully saturated rings. The lowest BCUT2D eigenvalue weighted by Crippen LogP contribution is -2.42. The summed E-state index contributed by atoms with van der Waals surface area (Å²) in [6.07, 6.45) is 3.57. The molecule has 394 valence electrons. The van der Waals surface area contributed by atoms with Gasteiger partial charge in [0.2, 0.25) is 11.8 Å². The summed E-state index contributed by atoms with van der Waals surface area (Å²) in [6.45, 7) is 24.7. The fourth-order valence-electron chi connectivity index (χ4n) is 8.34. The number of alkyl halides is 3. The molecule has 17 nitrogen and oxygen atoms in total. The number of rotatable bonds is 17. The number of aliphatic carboxylic acids is 2. The zero-order chi connectivity index (χ0) is 53.4. The molecule has 0 atom stereocenters. The normalized spacial score (nSPS) is 14.3. The first-order chi connectivity index (χ1) is 33.1. The molecule has 2 heterocycles. The van der Waals surface area contributed by atoms with Crippen LogP contribution < -0.4 is 26.6 Å². The summed E-state index contributed by atoms with van der Waals surface area (Å²) in [5.41, 5.74) is 16.3. The van der Waals surface area contributed by atoms with E-state index in [-0.39, 0.29) is 12.3 Å². The highest BCUT2D eigenvalue weighted by molar-refractivity contribution is 6.66. The molecule has 0 unspecified atom stereocenters. The minimum Gasteiger partial charge on any atom is -0.481 e. The van der Waals surface area contributed by atoms with Gasteiger partial charge in [0.05, 0.1) is 58.5 Å². The molecule has 2 aliphatic rings. The van der Waals surface area contributed by atoms with Crippen LogP contribution in [0.5, 0.6) is 0 Å². The molecule has 1 amide bonds. The second-order valence-electron chi connectivity index (χ2n) is 19.9. The Morgan fingerprint density at radius 3 is 1.45 bits per heavy atom. The fraction of sp³-hybridized carbons (Fsp3) is 0.569. The first-order valence-corrected chi connectivity index (χ1v) is 25.0. The van der Waals surface area contributed by atoms with Gasteiger partial charge in [0.1, 0.15) is 5.76 Å². The fourth-order valence-corrected chi connectivity index (χ4v) is 8.53. The molecule has 0 aliphatic heterocycles. The van der Waals surface area contributed by atoms with Crippen LogP contribution in [0, 0.1) is 37.5 Å². The van der Waals surface area contributed by atoms with Crippen molar-refractivity contribution in [2.45, 2.75) is 129 Å². The van der Waals surface area contributed by atoms with E-state index < -0.39 is 32.9 Å². The van der Waals surface area contributed by atoms with Crippen LogP contribution in [0.1, 0.15) is 122 Å². The van der Waals surface area contributed by atoms with E-state index in [1.54, 1.807) is 12.1 Å². The molecule has 0 saturated heterocycles. The number of nitrogens with one attached hydrogen (secondary N) is 1. The van der Waals surface area contributed by atoms with Gasteiger partial charge in [0.25, 0.3) is 0 Å². The number of nitrogens with zero attached hydrogens (tertiary/aromatic N) is 4. The van der Waals surface area contributed by atoms with Crippen molar-refractivity contribution in [1.29, 1.82) is 0 Å². The highest BCUT2D eigenvalue weighted by atomic mass is 35.6. The molecule has 2 aromatic carbocycles. The van der Waals surface area contributed by atoms with Crippen molar-refractivity contribution < 1.29 is 47.9 Å². The Labute approximate surface area is 433 Å². The van der Waals surface area contributed by atoms with Crippen molar-refractivity contribution in [2.24, 2.45) is 23.7 Å². The molecule has 20 heteroatoms. The summed E-state index contributed by atoms with van der Waals surface area (Å²) in [5, 5.41) is 29.9. The Balaban J connectivity index is 0.000000294. The van der Waals surface area contributed by atoms with Crippen LogP contribution in [0.25, 0.3) is 0 Å². The Hall–Kier alpha value is -5.39. The van der Waals surface area contributed by atoms with E-state index in [0.717, 1.165) is 80.0 Å². The van der Waals surface area contributed by atoms with Gasteiger partial charge in [-0.15, -0.1) is 0 Å². The van der Waals surface area contributed by atoms with Crippen LogP contribution >= 0.6 is 34.8 Å². The van der Waals surface area contributed by atoms with Crippen LogP contribution in [0.2, 0.25) is 0 Å². The van der Waals surface area contributed by atoms with Crippen LogP contribution in [0.15, 0.2) is 57.6 Å². The van der Waals surface area contributed by atoms with Gasteiger partial charge in [0, 0.05) is 38.3 Å². The quantitative estimate of drug-likeness (QED) is 0.0374. The lowest BCUT2D eigenvalue weighted by atomic mass is 9.64. The second kappa shape index (κ2) is 26.9. The van der Waals surface area contributed by atoms with Gasteiger partial charge in [-0.25, -0.2) is 4.79 Å². The molecular formula is C51H74Cl3N7O10. The van der Waals surface area contributed by atoms with Crippen molar-refractivity contribution in [3.8, 4) is 0 Å². The number of ether oxygens (including phenoxy) is 2. The number of amides is 1. The second-order valence-corrected chi connectivity index (χ2v) is 22.1. The van der Waals surface area contributed by atoms with Crippen molar-refractivity contribution in [1.82, 2.24) is 10.3 Å². The highest BCUT2D eigenvalue weighted by Gasteiger charge is 2.47. The van der Waals surface area contributed by atoms with Gasteiger partial charge in [-0.2, -0.15) is 0 Å². The summed E-state index contributed by atoms with van der Waals surface area (Å²) in [5.74, 6) is 1.10. The molecule has 7 N–H and O–H groups in total. The predicted molar refractivity (Wildman–Crippen MR) is 280 cm³/mol. The molecule has 2 aliphatic carbocycles. The number of hydrogen-bond donors (Lipinski definition) is 5. The van der Waals surface area contributed by atoms with Gasteiger partial charge in [0.15, 0.2) is 0 Å². The third kappa shape index (κ3) is 18.3. The number of hydrogen-bond acceptors (Lipinski definition) is 14. The average Bonchev–Trinajstić information content (AvgIpc) is 3.80. The maximum Gasteiger partial charge on any atom is 0.511 e. The Bertz CT molecular complexity index is 2320. The van der Waals surface area contributed by atoms with Gasteiger partial charge in [-0.1, -0.05) is 90.7 Å². The minimum absolute atomic E-state index is 0.0724. The molecule has 0 spiro atoms. The third-order valence-electron chi connectivity index (χ3n) is 11.7. The number of methoxy groups -OCH3 is 1. The molecule has 4 aromatic rings. The lowest BCUT2D eigenvalue weighted by Gasteiger charge is -2.39. The number of nitrogen functional groups attached to an aromatic ring is 2. The van der Waals surface area contributed by atoms with Crippen molar-refractivity contribution in [3.05, 3.63) is 76.8 Å². The number of anilines is 5. The van der Waals surface area contributed by atoms with Crippen LogP contribution in [-0.2, 0) is 41.1 Å². The topological polar surface area (TPSA) is 250 Å². The molecule has 2 aromatic heterocycles. The number of aromatic nitrogens is 2. The first-order valence-electron chi connectivity index (χ1n) is 23.9. The van der Waals surface area contributed by atoms with Crippen LogP contribution in [-0.4, -0.2) is 81.8 Å². The summed E-state index contributed by atoms with van der Waals surface area (Å²) in [6, 6.07) is 15.0. The molecule has 2 saturated carbocycles. The Kier molecular flexibility index (Phi) is 22.7. The molecule has 0 bridgehead atoms. The van der Waals surface area contributed by atoms with Crippen molar-refractivity contribution in [2.75, 3.05) is 59.9 Å². The lowest BCUT2D eigenvalue weighted by molar-refractivity contribution is -0.148. The van der Waals surface area contributed by atoms with Gasteiger partial charge < -0.3 is 55.3 Å². The molecule has 6 rings (SSSR count). The zero-order valence-corrected chi connectivity index (χ0v) is 45.2. The largest absolute Gasteiger partial charge is 0.511 e. The maximum atomic E-state index is 12.9. The summed E-state index contributed by atoms with van der Waals surface area (Å²) in [4.78, 5) is 51.3. The summed E-state index contributed by atoms with van der Waals surface area (Å²) in [7, 11) is 1.11. The number of nitrogens with two attached hydrogens (primary N) is 2. The molecule has 71 heavy (non-hydrogen) atoms. The first kappa shape index (κ1) is 59.9. The number of aryl methyl sites for hydroxylation is 2. The van der Waals surface area contributed by atoms with Gasteiger partial charge >= 0.3 is 22.1 Å². The number of carboxylic acids is 2. The van der Waals surface area contributed by atoms with E-state index in [1.165, 1.54) is 0 Å². The molecular weight excluding hydrogens is 977 g/mol. The smallest absolute Gasteiger partial charge is 0.481 e. The Morgan fingerprint density at radius 1 is 0.704 bits per heavy atom. The van der Waals surface area contributed by atoms with Gasteiger partial charge in [-0.05, 0) is 133 Å². The highest BCUT2D eigenvalue weighted by Crippen LogP contribution is 2.47. The number of carboxylic acid groups (broad SMARTS) is 2. The van der Waals surface area contributed by atoms with Crippen molar-refractivity contribution >= 4 is 87.4 Å². The zero-order valence-electron chi connectivity index (χ0n) is 42.9. The van der Waals surface area contributed by atoms with Crippen LogP contribution in [0.3, 0.4) is 0 Å². The van der Waals surface area contributed by atoms with E-state index in [9.17, 15) is 29.4 Å². The van der Waals surface area contributed by atoms with E-state index in [1.807, 2.05) is 50.2 Å². The molecule has 0 radical (unpaired) electrons. The average molecular weight is 1050 g/mol.